The number of para-hydroxylation sites is 1. The second-order valence-electron chi connectivity index (χ2n) is 14.6. The average Bonchev–Trinajstić information content (AvgIpc) is 3.83. The molecule has 0 aliphatic carbocycles. The molecule has 0 atom stereocenters. The Bertz CT molecular complexity index is 3110. The van der Waals surface area contributed by atoms with Crippen LogP contribution in [0.4, 0.5) is 17.1 Å². The highest BCUT2D eigenvalue weighted by molar-refractivity contribution is 7.25. The topological polar surface area (TPSA) is 8.17 Å². The van der Waals surface area contributed by atoms with E-state index in [-0.39, 0.29) is 0 Å². The van der Waals surface area contributed by atoms with Crippen LogP contribution in [-0.2, 0) is 0 Å². The second-order valence-corrected chi connectivity index (χ2v) is 15.7. The molecule has 57 heavy (non-hydrogen) atoms. The zero-order chi connectivity index (χ0) is 37.7. The smallest absolute Gasteiger partial charge is 0.0547 e. The Morgan fingerprint density at radius 1 is 0.298 bits per heavy atom. The van der Waals surface area contributed by atoms with Crippen LogP contribution in [0.5, 0.6) is 0 Å². The van der Waals surface area contributed by atoms with Crippen LogP contribution in [0, 0.1) is 0 Å². The maximum Gasteiger partial charge on any atom is 0.0547 e. The summed E-state index contributed by atoms with van der Waals surface area (Å²) in [6.07, 6.45) is 0. The molecule has 2 nitrogen and oxygen atoms in total. The van der Waals surface area contributed by atoms with Crippen LogP contribution in [0.3, 0.4) is 0 Å². The van der Waals surface area contributed by atoms with Gasteiger partial charge in [0.2, 0.25) is 0 Å². The number of nitrogens with zero attached hydrogens (tertiary/aromatic N) is 2. The first-order valence-corrected chi connectivity index (χ1v) is 20.2. The van der Waals surface area contributed by atoms with Crippen molar-refractivity contribution in [1.29, 1.82) is 0 Å². The van der Waals surface area contributed by atoms with E-state index in [1.807, 2.05) is 11.3 Å². The van der Waals surface area contributed by atoms with Crippen LogP contribution >= 0.6 is 11.3 Å². The molecule has 2 aromatic heterocycles. The maximum atomic E-state index is 2.44. The van der Waals surface area contributed by atoms with Gasteiger partial charge in [0, 0.05) is 53.7 Å². The molecule has 0 unspecified atom stereocenters. The van der Waals surface area contributed by atoms with Gasteiger partial charge >= 0.3 is 0 Å². The molecule has 0 fully saturated rings. The van der Waals surface area contributed by atoms with E-state index in [0.29, 0.717) is 0 Å². The zero-order valence-electron chi connectivity index (χ0n) is 31.1. The molecule has 0 bridgehead atoms. The number of benzene rings is 9. The van der Waals surface area contributed by atoms with Gasteiger partial charge in [-0.05, 0) is 106 Å². The van der Waals surface area contributed by atoms with Crippen molar-refractivity contribution >= 4 is 70.4 Å². The lowest BCUT2D eigenvalue weighted by Gasteiger charge is -2.26. The fraction of sp³-hybridized carbons (Fsp3) is 0. The lowest BCUT2D eigenvalue weighted by Crippen LogP contribution is -2.09. The first kappa shape index (κ1) is 33.2. The minimum absolute atomic E-state index is 1.10. The Morgan fingerprint density at radius 3 is 1.37 bits per heavy atom. The van der Waals surface area contributed by atoms with Crippen LogP contribution in [-0.4, -0.2) is 4.57 Å². The number of thiophene rings is 1. The molecule has 0 N–H and O–H groups in total. The van der Waals surface area contributed by atoms with Crippen molar-refractivity contribution in [3.63, 3.8) is 0 Å². The predicted molar refractivity (Wildman–Crippen MR) is 245 cm³/mol. The summed E-state index contributed by atoms with van der Waals surface area (Å²) < 4.78 is 5.08. The summed E-state index contributed by atoms with van der Waals surface area (Å²) in [5.41, 5.74) is 14.1. The summed E-state index contributed by atoms with van der Waals surface area (Å²) in [6, 6.07) is 79.3. The SMILES string of the molecule is c1ccc(-c2ccc(N(c3ccc(-c4ccccc4)cc3)c3ccc(-c4ccc5c6ccccc6n(-c6ccc7sc8ccccc8c7c6)c5c4)cc3)cc2)cc1. The normalized spacial score (nSPS) is 11.5. The summed E-state index contributed by atoms with van der Waals surface area (Å²) in [4.78, 5) is 2.35. The van der Waals surface area contributed by atoms with E-state index in [9.17, 15) is 0 Å². The van der Waals surface area contributed by atoms with Crippen LogP contribution in [0.15, 0.2) is 218 Å². The number of rotatable bonds is 7. The molecule has 0 saturated heterocycles. The molecule has 11 aromatic rings. The third-order valence-electron chi connectivity index (χ3n) is 11.2. The quantitative estimate of drug-likeness (QED) is 0.158. The van der Waals surface area contributed by atoms with Crippen LogP contribution < -0.4 is 4.90 Å². The molecule has 0 aliphatic rings. The van der Waals surface area contributed by atoms with E-state index in [0.717, 1.165) is 17.1 Å². The van der Waals surface area contributed by atoms with Crippen molar-refractivity contribution in [2.75, 3.05) is 4.90 Å². The van der Waals surface area contributed by atoms with Gasteiger partial charge in [-0.1, -0.05) is 146 Å². The van der Waals surface area contributed by atoms with Crippen molar-refractivity contribution in [3.8, 4) is 39.1 Å². The molecule has 0 radical (unpaired) electrons. The average molecular weight is 745 g/mol. The molecule has 3 heteroatoms. The molecular formula is C54H36N2S. The van der Waals surface area contributed by atoms with Gasteiger partial charge in [-0.25, -0.2) is 0 Å². The minimum Gasteiger partial charge on any atom is -0.311 e. The van der Waals surface area contributed by atoms with E-state index in [1.54, 1.807) is 0 Å². The predicted octanol–water partition coefficient (Wildman–Crippen LogP) is 15.6. The molecule has 11 rings (SSSR count). The first-order valence-electron chi connectivity index (χ1n) is 19.4. The van der Waals surface area contributed by atoms with Gasteiger partial charge in [-0.15, -0.1) is 11.3 Å². The Morgan fingerprint density at radius 2 is 0.754 bits per heavy atom. The van der Waals surface area contributed by atoms with Crippen LogP contribution in [0.25, 0.3) is 81.0 Å². The summed E-state index contributed by atoms with van der Waals surface area (Å²) >= 11 is 1.86. The highest BCUT2D eigenvalue weighted by Crippen LogP contribution is 2.41. The van der Waals surface area contributed by atoms with Gasteiger partial charge in [-0.3, -0.25) is 0 Å². The standard InChI is InChI=1S/C54H36N2S/c1-3-11-37(12-4-1)39-19-26-43(27-20-39)55(44-28-21-40(22-29-44)38-13-5-2-6-14-38)45-30-23-41(24-31-45)42-25-33-48-47-15-7-9-17-51(47)56(52(48)35-42)46-32-34-54-50(36-46)49-16-8-10-18-53(49)57-54/h1-36H. The summed E-state index contributed by atoms with van der Waals surface area (Å²) in [5.74, 6) is 0. The monoisotopic (exact) mass is 744 g/mol. The Balaban J connectivity index is 0.995. The van der Waals surface area contributed by atoms with Gasteiger partial charge in [0.15, 0.2) is 0 Å². The Hall–Kier alpha value is -7.20. The molecule has 2 heterocycles. The van der Waals surface area contributed by atoms with E-state index < -0.39 is 0 Å². The van der Waals surface area contributed by atoms with Crippen molar-refractivity contribution in [1.82, 2.24) is 4.57 Å². The van der Waals surface area contributed by atoms with Crippen molar-refractivity contribution < 1.29 is 0 Å². The number of fused-ring (bicyclic) bond motifs is 6. The number of anilines is 3. The van der Waals surface area contributed by atoms with Crippen molar-refractivity contribution in [2.24, 2.45) is 0 Å². The molecule has 0 spiro atoms. The maximum absolute atomic E-state index is 2.44. The zero-order valence-corrected chi connectivity index (χ0v) is 31.9. The highest BCUT2D eigenvalue weighted by atomic mass is 32.1. The Kier molecular flexibility index (Phi) is 8.04. The highest BCUT2D eigenvalue weighted by Gasteiger charge is 2.17. The minimum atomic E-state index is 1.10. The van der Waals surface area contributed by atoms with Gasteiger partial charge < -0.3 is 9.47 Å². The third kappa shape index (κ3) is 5.88. The summed E-state index contributed by atoms with van der Waals surface area (Å²) in [6.45, 7) is 0. The summed E-state index contributed by atoms with van der Waals surface area (Å²) in [7, 11) is 0. The van der Waals surface area contributed by atoms with Gasteiger partial charge in [0.05, 0.1) is 11.0 Å². The molecular weight excluding hydrogens is 709 g/mol. The van der Waals surface area contributed by atoms with Gasteiger partial charge in [0.1, 0.15) is 0 Å². The second kappa shape index (κ2) is 13.8. The van der Waals surface area contributed by atoms with E-state index in [1.165, 1.54) is 81.0 Å². The van der Waals surface area contributed by atoms with Crippen molar-refractivity contribution in [3.05, 3.63) is 218 Å². The largest absolute Gasteiger partial charge is 0.311 e. The fourth-order valence-corrected chi connectivity index (χ4v) is 9.49. The van der Waals surface area contributed by atoms with E-state index in [4.69, 9.17) is 0 Å². The Labute approximate surface area is 335 Å². The fourth-order valence-electron chi connectivity index (χ4n) is 8.40. The van der Waals surface area contributed by atoms with Gasteiger partial charge in [-0.2, -0.15) is 0 Å². The molecule has 9 aromatic carbocycles. The number of aromatic nitrogens is 1. The number of hydrogen-bond acceptors (Lipinski definition) is 2. The van der Waals surface area contributed by atoms with E-state index in [2.05, 4.69) is 228 Å². The lowest BCUT2D eigenvalue weighted by molar-refractivity contribution is 1.19. The van der Waals surface area contributed by atoms with Crippen LogP contribution in [0.1, 0.15) is 0 Å². The summed E-state index contributed by atoms with van der Waals surface area (Å²) in [5, 5.41) is 5.14. The molecule has 0 aliphatic heterocycles. The lowest BCUT2D eigenvalue weighted by atomic mass is 10.0. The molecule has 0 amide bonds. The molecule has 268 valence electrons. The van der Waals surface area contributed by atoms with Crippen molar-refractivity contribution in [2.45, 2.75) is 0 Å². The number of hydrogen-bond donors (Lipinski definition) is 0. The molecule has 0 saturated carbocycles. The first-order chi connectivity index (χ1) is 28.2. The van der Waals surface area contributed by atoms with Crippen LogP contribution in [0.2, 0.25) is 0 Å². The van der Waals surface area contributed by atoms with Gasteiger partial charge in [0.25, 0.3) is 0 Å². The third-order valence-corrected chi connectivity index (χ3v) is 12.4. The van der Waals surface area contributed by atoms with E-state index >= 15 is 0 Å².